The van der Waals surface area contributed by atoms with E-state index < -0.39 is 32.4 Å². The molecule has 0 bridgehead atoms. The van der Waals surface area contributed by atoms with Gasteiger partial charge in [-0.2, -0.15) is 18.3 Å². The van der Waals surface area contributed by atoms with Crippen LogP contribution in [0.3, 0.4) is 0 Å². The second kappa shape index (κ2) is 7.11. The van der Waals surface area contributed by atoms with Crippen LogP contribution in [0.2, 0.25) is 0 Å². The minimum absolute atomic E-state index is 0.0928. The van der Waals surface area contributed by atoms with Gasteiger partial charge in [0.1, 0.15) is 5.82 Å². The van der Waals surface area contributed by atoms with E-state index in [9.17, 15) is 21.6 Å². The van der Waals surface area contributed by atoms with Crippen molar-refractivity contribution >= 4 is 26.7 Å². The first-order valence-corrected chi connectivity index (χ1v) is 12.2. The highest BCUT2D eigenvalue weighted by atomic mass is 32.2. The van der Waals surface area contributed by atoms with Crippen LogP contribution >= 0.6 is 0 Å². The highest BCUT2D eigenvalue weighted by Crippen LogP contribution is 2.39. The lowest BCUT2D eigenvalue weighted by Crippen LogP contribution is -2.57. The molecule has 3 heterocycles. The van der Waals surface area contributed by atoms with E-state index in [0.717, 1.165) is 12.1 Å². The molecule has 0 spiro atoms. The van der Waals surface area contributed by atoms with Crippen molar-refractivity contribution < 1.29 is 21.6 Å². The number of alkyl halides is 3. The third-order valence-electron chi connectivity index (χ3n) is 6.28. The smallest absolute Gasteiger partial charge is 0.353 e. The summed E-state index contributed by atoms with van der Waals surface area (Å²) in [5, 5.41) is 4.25. The van der Waals surface area contributed by atoms with Gasteiger partial charge in [-0.15, -0.1) is 0 Å². The van der Waals surface area contributed by atoms with E-state index in [1.54, 1.807) is 4.90 Å². The second-order valence-corrected chi connectivity index (χ2v) is 11.2. The number of benzene rings is 1. The van der Waals surface area contributed by atoms with E-state index in [4.69, 9.17) is 11.5 Å². The Kier molecular flexibility index (Phi) is 4.75. The van der Waals surface area contributed by atoms with E-state index in [1.165, 1.54) is 29.3 Å². The van der Waals surface area contributed by atoms with Gasteiger partial charge in [0.2, 0.25) is 0 Å². The summed E-state index contributed by atoms with van der Waals surface area (Å²) in [5.74, 6) is 0.765. The monoisotopic (exact) mass is 481 g/mol. The molecule has 13 heteroatoms. The van der Waals surface area contributed by atoms with E-state index >= 15 is 0 Å². The summed E-state index contributed by atoms with van der Waals surface area (Å²) in [7, 11) is -3.21. The molecule has 0 atom stereocenters. The molecule has 0 amide bonds. The minimum atomic E-state index is -4.51. The summed E-state index contributed by atoms with van der Waals surface area (Å²) in [6.07, 6.45) is -0.931. The quantitative estimate of drug-likeness (QED) is 0.571. The lowest BCUT2D eigenvalue weighted by atomic mass is 9.73. The molecule has 1 saturated heterocycles. The number of nitrogens with two attached hydrogens (primary N) is 2. The topological polar surface area (TPSA) is 133 Å². The number of hydrogen-bond donors (Lipinski definition) is 2. The second-order valence-electron chi connectivity index (χ2n) is 8.89. The first kappa shape index (κ1) is 22.0. The summed E-state index contributed by atoms with van der Waals surface area (Å²) in [5.41, 5.74) is 11.2. The number of hydrogen-bond acceptors (Lipinski definition) is 8. The summed E-state index contributed by atoms with van der Waals surface area (Å²) in [6.45, 7) is 0.492. The minimum Gasteiger partial charge on any atom is -0.353 e. The van der Waals surface area contributed by atoms with E-state index in [0.29, 0.717) is 35.5 Å². The SMILES string of the molecule is CS(=O)(=O)C1CN(c2nc(C3(N)CC(N)C3)nc3c2cnn3-c2cccc(C(F)(F)F)c2)C1. The molecule has 2 fully saturated rings. The fourth-order valence-electron chi connectivity index (χ4n) is 4.30. The number of fused-ring (bicyclic) bond motifs is 1. The molecule has 33 heavy (non-hydrogen) atoms. The Hall–Kier alpha value is -2.77. The zero-order valence-electron chi connectivity index (χ0n) is 17.6. The summed E-state index contributed by atoms with van der Waals surface area (Å²) in [6, 6.07) is 4.69. The van der Waals surface area contributed by atoms with Gasteiger partial charge in [-0.1, -0.05) is 6.07 Å². The standard InChI is InChI=1S/C20H22F3N7O2S/c1-33(31,32)14-9-29(10-14)16-15-8-26-30(13-4-2-3-11(5-13)20(21,22)23)17(15)28-18(27-16)19(25)6-12(24)7-19/h2-5,8,12,14H,6-7,9-10,24-25H2,1H3. The number of anilines is 1. The Bertz CT molecular complexity index is 1340. The van der Waals surface area contributed by atoms with Gasteiger partial charge in [0.15, 0.2) is 21.3 Å². The molecule has 1 aromatic carbocycles. The molecule has 1 aliphatic heterocycles. The molecule has 9 nitrogen and oxygen atoms in total. The maximum Gasteiger partial charge on any atom is 0.416 e. The molecule has 2 aromatic heterocycles. The van der Waals surface area contributed by atoms with Crippen LogP contribution in [-0.4, -0.2) is 58.8 Å². The fourth-order valence-corrected chi connectivity index (χ4v) is 5.20. The highest BCUT2D eigenvalue weighted by Gasteiger charge is 2.45. The van der Waals surface area contributed by atoms with Crippen molar-refractivity contribution in [1.29, 1.82) is 0 Å². The van der Waals surface area contributed by atoms with Gasteiger partial charge in [-0.25, -0.2) is 23.1 Å². The molecular formula is C20H22F3N7O2S. The molecular weight excluding hydrogens is 459 g/mol. The third kappa shape index (κ3) is 3.73. The maximum atomic E-state index is 13.3. The van der Waals surface area contributed by atoms with Crippen molar-refractivity contribution in [3.63, 3.8) is 0 Å². The molecule has 1 saturated carbocycles. The van der Waals surface area contributed by atoms with Crippen LogP contribution in [0.15, 0.2) is 30.5 Å². The summed E-state index contributed by atoms with van der Waals surface area (Å²) < 4.78 is 64.8. The first-order valence-electron chi connectivity index (χ1n) is 10.3. The van der Waals surface area contributed by atoms with Crippen LogP contribution in [0, 0.1) is 0 Å². The zero-order valence-corrected chi connectivity index (χ0v) is 18.4. The van der Waals surface area contributed by atoms with Gasteiger partial charge >= 0.3 is 6.18 Å². The molecule has 5 rings (SSSR count). The van der Waals surface area contributed by atoms with Crippen LogP contribution in [0.5, 0.6) is 0 Å². The zero-order chi connectivity index (χ0) is 23.8. The molecule has 3 aromatic rings. The van der Waals surface area contributed by atoms with Gasteiger partial charge in [0, 0.05) is 25.4 Å². The average molecular weight is 482 g/mol. The molecule has 4 N–H and O–H groups in total. The van der Waals surface area contributed by atoms with E-state index in [-0.39, 0.29) is 24.8 Å². The predicted octanol–water partition coefficient (Wildman–Crippen LogP) is 1.34. The maximum absolute atomic E-state index is 13.3. The highest BCUT2D eigenvalue weighted by molar-refractivity contribution is 7.91. The summed E-state index contributed by atoms with van der Waals surface area (Å²) >= 11 is 0. The predicted molar refractivity (Wildman–Crippen MR) is 116 cm³/mol. The lowest BCUT2D eigenvalue weighted by Gasteiger charge is -2.43. The lowest BCUT2D eigenvalue weighted by molar-refractivity contribution is -0.137. The Morgan fingerprint density at radius 3 is 2.48 bits per heavy atom. The van der Waals surface area contributed by atoms with Gasteiger partial charge in [0.25, 0.3) is 0 Å². The van der Waals surface area contributed by atoms with Gasteiger partial charge < -0.3 is 16.4 Å². The first-order chi connectivity index (χ1) is 15.3. The molecule has 0 unspecified atom stereocenters. The molecule has 176 valence electrons. The van der Waals surface area contributed by atoms with E-state index in [2.05, 4.69) is 15.1 Å². The van der Waals surface area contributed by atoms with Crippen LogP contribution in [0.1, 0.15) is 24.2 Å². The average Bonchev–Trinajstić information content (AvgIpc) is 3.08. The fraction of sp³-hybridized carbons (Fsp3) is 0.450. The van der Waals surface area contributed by atoms with Crippen molar-refractivity contribution in [2.75, 3.05) is 24.2 Å². The number of rotatable bonds is 4. The van der Waals surface area contributed by atoms with Crippen LogP contribution < -0.4 is 16.4 Å². The molecule has 1 aliphatic carbocycles. The largest absolute Gasteiger partial charge is 0.416 e. The number of nitrogens with zero attached hydrogens (tertiary/aromatic N) is 5. The van der Waals surface area contributed by atoms with Crippen molar-refractivity contribution in [3.05, 3.63) is 41.9 Å². The van der Waals surface area contributed by atoms with Crippen LogP contribution in [0.25, 0.3) is 16.7 Å². The molecule has 2 aliphatic rings. The van der Waals surface area contributed by atoms with Gasteiger partial charge in [-0.3, -0.25) is 0 Å². The van der Waals surface area contributed by atoms with Crippen LogP contribution in [0.4, 0.5) is 19.0 Å². The Labute approximate surface area is 187 Å². The van der Waals surface area contributed by atoms with Crippen molar-refractivity contribution in [2.45, 2.75) is 35.8 Å². The van der Waals surface area contributed by atoms with E-state index in [1.807, 2.05) is 0 Å². The van der Waals surface area contributed by atoms with Crippen LogP contribution in [-0.2, 0) is 21.6 Å². The molecule has 0 radical (unpaired) electrons. The Morgan fingerprint density at radius 1 is 1.18 bits per heavy atom. The Balaban J connectivity index is 1.63. The third-order valence-corrected chi connectivity index (χ3v) is 7.79. The van der Waals surface area contributed by atoms with Gasteiger partial charge in [-0.05, 0) is 31.0 Å². The number of aromatic nitrogens is 4. The number of halogens is 3. The van der Waals surface area contributed by atoms with Gasteiger partial charge in [0.05, 0.1) is 33.6 Å². The van der Waals surface area contributed by atoms with Crippen molar-refractivity contribution in [3.8, 4) is 5.69 Å². The number of sulfone groups is 1. The summed E-state index contributed by atoms with van der Waals surface area (Å²) in [4.78, 5) is 11.0. The normalized spacial score (nSPS) is 24.1. The van der Waals surface area contributed by atoms with Crippen molar-refractivity contribution in [2.24, 2.45) is 11.5 Å². The Morgan fingerprint density at radius 2 is 1.88 bits per heavy atom. The van der Waals surface area contributed by atoms with Crippen molar-refractivity contribution in [1.82, 2.24) is 19.7 Å².